The summed E-state index contributed by atoms with van der Waals surface area (Å²) in [6.45, 7) is 9.99. The van der Waals surface area contributed by atoms with E-state index in [0.29, 0.717) is 18.4 Å². The summed E-state index contributed by atoms with van der Waals surface area (Å²) in [5.41, 5.74) is 1.21. The van der Waals surface area contributed by atoms with Crippen LogP contribution in [0.4, 0.5) is 5.82 Å². The number of hydrogen-bond donors (Lipinski definition) is 1. The Morgan fingerprint density at radius 3 is 2.50 bits per heavy atom. The molecule has 0 radical (unpaired) electrons. The van der Waals surface area contributed by atoms with Crippen LogP contribution < -0.4 is 5.32 Å². The van der Waals surface area contributed by atoms with E-state index in [-0.39, 0.29) is 6.10 Å². The minimum absolute atomic E-state index is 0.0214. The Morgan fingerprint density at radius 1 is 1.30 bits per heavy atom. The first-order valence-corrected chi connectivity index (χ1v) is 8.59. The lowest BCUT2D eigenvalue weighted by atomic mass is 10.1. The van der Waals surface area contributed by atoms with Gasteiger partial charge in [0, 0.05) is 19.1 Å². The average molecular weight is 389 g/mol. The van der Waals surface area contributed by atoms with Crippen LogP contribution in [0, 0.1) is 9.49 Å². The van der Waals surface area contributed by atoms with E-state index in [1.165, 1.54) is 22.1 Å². The molecule has 1 saturated carbocycles. The zero-order valence-electron chi connectivity index (χ0n) is 12.7. The maximum Gasteiger partial charge on any atom is 0.160 e. The van der Waals surface area contributed by atoms with E-state index in [1.54, 1.807) is 0 Å². The highest BCUT2D eigenvalue weighted by atomic mass is 127. The molecule has 0 aromatic carbocycles. The normalized spacial score (nSPS) is 16.5. The van der Waals surface area contributed by atoms with Crippen molar-refractivity contribution >= 4 is 28.4 Å². The number of nitrogens with one attached hydrogen (secondary N) is 1. The maximum atomic E-state index is 5.86. The Kier molecular flexibility index (Phi) is 5.60. The number of halogens is 1. The molecular formula is C15H24IN3O. The predicted molar refractivity (Wildman–Crippen MR) is 90.1 cm³/mol. The van der Waals surface area contributed by atoms with Gasteiger partial charge in [0.1, 0.15) is 11.9 Å². The van der Waals surface area contributed by atoms with Crippen molar-refractivity contribution in [2.75, 3.05) is 18.5 Å². The van der Waals surface area contributed by atoms with Crippen LogP contribution in [0.2, 0.25) is 0 Å². The molecule has 1 N–H and O–H groups in total. The highest BCUT2D eigenvalue weighted by Gasteiger charge is 2.31. The van der Waals surface area contributed by atoms with Crippen LogP contribution in [-0.2, 0) is 4.74 Å². The molecule has 0 bridgehead atoms. The molecule has 4 nitrogen and oxygen atoms in total. The molecule has 1 fully saturated rings. The van der Waals surface area contributed by atoms with E-state index >= 15 is 0 Å². The Labute approximate surface area is 135 Å². The van der Waals surface area contributed by atoms with Gasteiger partial charge >= 0.3 is 0 Å². The van der Waals surface area contributed by atoms with Gasteiger partial charge in [-0.1, -0.05) is 13.8 Å². The van der Waals surface area contributed by atoms with Crippen molar-refractivity contribution in [1.82, 2.24) is 9.97 Å². The Balaban J connectivity index is 2.40. The third kappa shape index (κ3) is 3.61. The zero-order chi connectivity index (χ0) is 14.7. The van der Waals surface area contributed by atoms with Crippen molar-refractivity contribution in [1.29, 1.82) is 0 Å². The van der Waals surface area contributed by atoms with Gasteiger partial charge in [0.2, 0.25) is 0 Å². The third-order valence-corrected chi connectivity index (χ3v) is 4.47. The summed E-state index contributed by atoms with van der Waals surface area (Å²) in [6, 6.07) is 0. The largest absolute Gasteiger partial charge is 0.370 e. The molecule has 1 aliphatic carbocycles. The lowest BCUT2D eigenvalue weighted by Crippen LogP contribution is -2.18. The van der Waals surface area contributed by atoms with Crippen molar-refractivity contribution in [3.63, 3.8) is 0 Å². The van der Waals surface area contributed by atoms with Gasteiger partial charge in [-0.3, -0.25) is 0 Å². The summed E-state index contributed by atoms with van der Waals surface area (Å²) < 4.78 is 7.04. The highest BCUT2D eigenvalue weighted by molar-refractivity contribution is 14.1. The topological polar surface area (TPSA) is 47.0 Å². The number of hydrogen-bond acceptors (Lipinski definition) is 4. The van der Waals surface area contributed by atoms with Crippen LogP contribution in [-0.4, -0.2) is 23.1 Å². The number of ether oxygens (including phenoxy) is 1. The van der Waals surface area contributed by atoms with Crippen molar-refractivity contribution in [2.45, 2.75) is 52.6 Å². The summed E-state index contributed by atoms with van der Waals surface area (Å²) >= 11 is 2.37. The van der Waals surface area contributed by atoms with Gasteiger partial charge in [-0.05, 0) is 55.2 Å². The van der Waals surface area contributed by atoms with Crippen LogP contribution in [0.5, 0.6) is 0 Å². The molecule has 1 unspecified atom stereocenters. The standard InChI is InChI=1S/C15H24IN3O/c1-5-17-14-11(16)12(10-7-8-10)18-15(19-14)13(9(3)4)20-6-2/h9-10,13H,5-8H2,1-4H3,(H,17,18,19). The predicted octanol–water partition coefficient (Wildman–Crippen LogP) is 4.12. The smallest absolute Gasteiger partial charge is 0.160 e. The second-order valence-electron chi connectivity index (χ2n) is 5.55. The molecule has 1 atom stereocenters. The van der Waals surface area contributed by atoms with Crippen LogP contribution in [0.3, 0.4) is 0 Å². The van der Waals surface area contributed by atoms with Crippen LogP contribution in [0.1, 0.15) is 64.1 Å². The van der Waals surface area contributed by atoms with E-state index in [9.17, 15) is 0 Å². The second kappa shape index (κ2) is 7.02. The molecule has 1 aliphatic rings. The molecule has 1 aromatic heterocycles. The first-order valence-electron chi connectivity index (χ1n) is 7.51. The molecule has 112 valence electrons. The molecule has 1 aromatic rings. The summed E-state index contributed by atoms with van der Waals surface area (Å²) in [6.07, 6.45) is 2.48. The average Bonchev–Trinajstić information content (AvgIpc) is 3.23. The maximum absolute atomic E-state index is 5.86. The first kappa shape index (κ1) is 15.9. The fraction of sp³-hybridized carbons (Fsp3) is 0.733. The van der Waals surface area contributed by atoms with E-state index in [0.717, 1.165) is 18.2 Å². The molecule has 0 aliphatic heterocycles. The van der Waals surface area contributed by atoms with E-state index in [4.69, 9.17) is 14.7 Å². The lowest BCUT2D eigenvalue weighted by molar-refractivity contribution is 0.0231. The van der Waals surface area contributed by atoms with Crippen LogP contribution >= 0.6 is 22.6 Å². The third-order valence-electron chi connectivity index (χ3n) is 3.41. The minimum Gasteiger partial charge on any atom is -0.370 e. The molecular weight excluding hydrogens is 365 g/mol. The molecule has 2 rings (SSSR count). The quantitative estimate of drug-likeness (QED) is 0.713. The van der Waals surface area contributed by atoms with E-state index in [2.05, 4.69) is 48.7 Å². The van der Waals surface area contributed by atoms with Gasteiger partial charge in [-0.2, -0.15) is 0 Å². The minimum atomic E-state index is -0.0214. The Hall–Kier alpha value is -0.430. The van der Waals surface area contributed by atoms with E-state index in [1.807, 2.05) is 6.92 Å². The van der Waals surface area contributed by atoms with Crippen molar-refractivity contribution < 1.29 is 4.74 Å². The second-order valence-corrected chi connectivity index (χ2v) is 6.63. The summed E-state index contributed by atoms with van der Waals surface area (Å²) in [5, 5.41) is 3.36. The summed E-state index contributed by atoms with van der Waals surface area (Å²) in [7, 11) is 0. The van der Waals surface area contributed by atoms with Gasteiger partial charge < -0.3 is 10.1 Å². The highest BCUT2D eigenvalue weighted by Crippen LogP contribution is 2.43. The van der Waals surface area contributed by atoms with Gasteiger partial charge in [0.25, 0.3) is 0 Å². The monoisotopic (exact) mass is 389 g/mol. The molecule has 0 amide bonds. The van der Waals surface area contributed by atoms with Crippen molar-refractivity contribution in [3.05, 3.63) is 15.1 Å². The molecule has 0 saturated heterocycles. The first-order chi connectivity index (χ1) is 9.58. The SMILES string of the molecule is CCNc1nc(C(OCC)C(C)C)nc(C2CC2)c1I. The van der Waals surface area contributed by atoms with Gasteiger partial charge in [0.15, 0.2) is 5.82 Å². The summed E-state index contributed by atoms with van der Waals surface area (Å²) in [5.74, 6) is 2.79. The fourth-order valence-corrected chi connectivity index (χ4v) is 3.14. The Bertz CT molecular complexity index is 461. The zero-order valence-corrected chi connectivity index (χ0v) is 14.9. The number of nitrogens with zero attached hydrogens (tertiary/aromatic N) is 2. The lowest BCUT2D eigenvalue weighted by Gasteiger charge is -2.21. The number of aromatic nitrogens is 2. The van der Waals surface area contributed by atoms with E-state index < -0.39 is 0 Å². The number of rotatable bonds is 7. The van der Waals surface area contributed by atoms with Crippen molar-refractivity contribution in [2.24, 2.45) is 5.92 Å². The number of anilines is 1. The molecule has 0 spiro atoms. The van der Waals surface area contributed by atoms with Crippen LogP contribution in [0.25, 0.3) is 0 Å². The summed E-state index contributed by atoms with van der Waals surface area (Å²) in [4.78, 5) is 9.55. The molecule has 20 heavy (non-hydrogen) atoms. The van der Waals surface area contributed by atoms with Gasteiger partial charge in [-0.15, -0.1) is 0 Å². The molecule has 5 heteroatoms. The van der Waals surface area contributed by atoms with Gasteiger partial charge in [0.05, 0.1) is 9.26 Å². The van der Waals surface area contributed by atoms with Gasteiger partial charge in [-0.25, -0.2) is 9.97 Å². The van der Waals surface area contributed by atoms with Crippen molar-refractivity contribution in [3.8, 4) is 0 Å². The van der Waals surface area contributed by atoms with Crippen LogP contribution in [0.15, 0.2) is 0 Å². The Morgan fingerprint density at radius 2 is 2.00 bits per heavy atom. The molecule has 1 heterocycles. The fourth-order valence-electron chi connectivity index (χ4n) is 2.27.